The molecule has 0 bridgehead atoms. The van der Waals surface area contributed by atoms with Crippen LogP contribution in [0.2, 0.25) is 5.02 Å². The molecule has 0 amide bonds. The van der Waals surface area contributed by atoms with Crippen molar-refractivity contribution in [3.63, 3.8) is 0 Å². The Morgan fingerprint density at radius 2 is 2.00 bits per heavy atom. The fourth-order valence-corrected chi connectivity index (χ4v) is 3.09. The molecule has 0 saturated carbocycles. The fourth-order valence-electron chi connectivity index (χ4n) is 2.20. The molecular formula is C16H25ClIN. The van der Waals surface area contributed by atoms with Gasteiger partial charge in [0.15, 0.2) is 0 Å². The zero-order chi connectivity index (χ0) is 14.3. The molecule has 0 fully saturated rings. The average Bonchev–Trinajstić information content (AvgIpc) is 2.36. The van der Waals surface area contributed by atoms with E-state index in [0.29, 0.717) is 6.04 Å². The SMILES string of the molecule is CCCNC(CCCC(C)C)c1cc(Cl)ccc1I. The summed E-state index contributed by atoms with van der Waals surface area (Å²) in [6.45, 7) is 7.85. The minimum absolute atomic E-state index is 0.435. The fraction of sp³-hybridized carbons (Fsp3) is 0.625. The maximum atomic E-state index is 6.15. The van der Waals surface area contributed by atoms with Crippen molar-refractivity contribution in [2.45, 2.75) is 52.5 Å². The first-order chi connectivity index (χ1) is 9.04. The Hall–Kier alpha value is 0.200. The minimum atomic E-state index is 0.435. The largest absolute Gasteiger partial charge is 0.310 e. The van der Waals surface area contributed by atoms with Crippen molar-refractivity contribution < 1.29 is 0 Å². The Morgan fingerprint density at radius 3 is 2.63 bits per heavy atom. The Morgan fingerprint density at radius 1 is 1.26 bits per heavy atom. The summed E-state index contributed by atoms with van der Waals surface area (Å²) in [5.41, 5.74) is 1.35. The molecule has 1 aromatic rings. The van der Waals surface area contributed by atoms with E-state index in [9.17, 15) is 0 Å². The Labute approximate surface area is 136 Å². The van der Waals surface area contributed by atoms with Gasteiger partial charge in [-0.05, 0) is 71.7 Å². The molecule has 0 aliphatic carbocycles. The lowest BCUT2D eigenvalue weighted by molar-refractivity contribution is 0.446. The monoisotopic (exact) mass is 393 g/mol. The van der Waals surface area contributed by atoms with E-state index in [4.69, 9.17) is 11.6 Å². The zero-order valence-corrected chi connectivity index (χ0v) is 15.1. The van der Waals surface area contributed by atoms with E-state index in [2.05, 4.69) is 60.8 Å². The summed E-state index contributed by atoms with van der Waals surface area (Å²) in [4.78, 5) is 0. The van der Waals surface area contributed by atoms with Gasteiger partial charge in [-0.1, -0.05) is 45.2 Å². The maximum Gasteiger partial charge on any atom is 0.0410 e. The molecule has 1 rings (SSSR count). The van der Waals surface area contributed by atoms with Crippen molar-refractivity contribution >= 4 is 34.2 Å². The number of hydrogen-bond acceptors (Lipinski definition) is 1. The zero-order valence-electron chi connectivity index (χ0n) is 12.2. The smallest absolute Gasteiger partial charge is 0.0410 e. The summed E-state index contributed by atoms with van der Waals surface area (Å²) >= 11 is 8.56. The number of hydrogen-bond donors (Lipinski definition) is 1. The summed E-state index contributed by atoms with van der Waals surface area (Å²) in [6, 6.07) is 6.63. The molecule has 0 aromatic heterocycles. The van der Waals surface area contributed by atoms with Gasteiger partial charge in [-0.2, -0.15) is 0 Å². The van der Waals surface area contributed by atoms with E-state index in [1.165, 1.54) is 28.4 Å². The van der Waals surface area contributed by atoms with Crippen molar-refractivity contribution in [2.75, 3.05) is 6.54 Å². The van der Waals surface area contributed by atoms with Gasteiger partial charge in [0, 0.05) is 14.6 Å². The molecular weight excluding hydrogens is 369 g/mol. The molecule has 0 radical (unpaired) electrons. The molecule has 1 unspecified atom stereocenters. The lowest BCUT2D eigenvalue weighted by atomic mass is 9.98. The molecule has 3 heteroatoms. The summed E-state index contributed by atoms with van der Waals surface area (Å²) in [5.74, 6) is 0.783. The van der Waals surface area contributed by atoms with Gasteiger partial charge < -0.3 is 5.32 Å². The second-order valence-corrected chi connectivity index (χ2v) is 7.10. The van der Waals surface area contributed by atoms with E-state index >= 15 is 0 Å². The van der Waals surface area contributed by atoms with E-state index in [-0.39, 0.29) is 0 Å². The number of nitrogens with one attached hydrogen (secondary N) is 1. The van der Waals surface area contributed by atoms with Crippen LogP contribution in [0.3, 0.4) is 0 Å². The predicted octanol–water partition coefficient (Wildman–Crippen LogP) is 5.81. The molecule has 0 aliphatic heterocycles. The first-order valence-electron chi connectivity index (χ1n) is 7.23. The molecule has 0 heterocycles. The highest BCUT2D eigenvalue weighted by atomic mass is 127. The number of halogens is 2. The Balaban J connectivity index is 2.73. The molecule has 1 atom stereocenters. The van der Waals surface area contributed by atoms with Crippen LogP contribution in [0.5, 0.6) is 0 Å². The Bertz CT molecular complexity index is 379. The third-order valence-corrected chi connectivity index (χ3v) is 4.47. The summed E-state index contributed by atoms with van der Waals surface area (Å²) in [6.07, 6.45) is 4.91. The van der Waals surface area contributed by atoms with Crippen molar-refractivity contribution in [1.82, 2.24) is 5.32 Å². The quantitative estimate of drug-likeness (QED) is 0.549. The molecule has 108 valence electrons. The van der Waals surface area contributed by atoms with Gasteiger partial charge in [0.05, 0.1) is 0 Å². The van der Waals surface area contributed by atoms with Gasteiger partial charge in [-0.15, -0.1) is 0 Å². The van der Waals surface area contributed by atoms with Crippen LogP contribution in [-0.2, 0) is 0 Å². The third-order valence-electron chi connectivity index (χ3n) is 3.25. The van der Waals surface area contributed by atoms with Crippen LogP contribution in [0.15, 0.2) is 18.2 Å². The van der Waals surface area contributed by atoms with Crippen molar-refractivity contribution in [3.05, 3.63) is 32.4 Å². The predicted molar refractivity (Wildman–Crippen MR) is 93.9 cm³/mol. The van der Waals surface area contributed by atoms with E-state index < -0.39 is 0 Å². The van der Waals surface area contributed by atoms with Gasteiger partial charge >= 0.3 is 0 Å². The van der Waals surface area contributed by atoms with Gasteiger partial charge in [0.25, 0.3) is 0 Å². The van der Waals surface area contributed by atoms with E-state index in [0.717, 1.165) is 23.9 Å². The van der Waals surface area contributed by atoms with Gasteiger partial charge in [-0.25, -0.2) is 0 Å². The normalized spacial score (nSPS) is 12.9. The molecule has 0 aliphatic rings. The summed E-state index contributed by atoms with van der Waals surface area (Å²) < 4.78 is 1.31. The van der Waals surface area contributed by atoms with Crippen molar-refractivity contribution in [1.29, 1.82) is 0 Å². The van der Waals surface area contributed by atoms with Crippen LogP contribution in [-0.4, -0.2) is 6.54 Å². The average molecular weight is 394 g/mol. The van der Waals surface area contributed by atoms with Crippen LogP contribution < -0.4 is 5.32 Å². The number of benzene rings is 1. The molecule has 0 saturated heterocycles. The van der Waals surface area contributed by atoms with Crippen molar-refractivity contribution in [3.8, 4) is 0 Å². The Kier molecular flexibility index (Phi) is 8.35. The highest BCUT2D eigenvalue weighted by molar-refractivity contribution is 14.1. The molecule has 1 nitrogen and oxygen atoms in total. The van der Waals surface area contributed by atoms with Gasteiger partial charge in [0.1, 0.15) is 0 Å². The van der Waals surface area contributed by atoms with E-state index in [1.807, 2.05) is 6.07 Å². The van der Waals surface area contributed by atoms with Crippen LogP contribution in [0.4, 0.5) is 0 Å². The molecule has 1 N–H and O–H groups in total. The lowest BCUT2D eigenvalue weighted by Gasteiger charge is -2.21. The van der Waals surface area contributed by atoms with Crippen LogP contribution in [0.25, 0.3) is 0 Å². The molecule has 0 spiro atoms. The maximum absolute atomic E-state index is 6.15. The summed E-state index contributed by atoms with van der Waals surface area (Å²) in [5, 5.41) is 4.50. The highest BCUT2D eigenvalue weighted by Gasteiger charge is 2.14. The topological polar surface area (TPSA) is 12.0 Å². The van der Waals surface area contributed by atoms with Crippen LogP contribution in [0, 0.1) is 9.49 Å². The van der Waals surface area contributed by atoms with Gasteiger partial charge in [0.2, 0.25) is 0 Å². The molecule has 1 aromatic carbocycles. The van der Waals surface area contributed by atoms with Crippen LogP contribution in [0.1, 0.15) is 58.1 Å². The number of rotatable bonds is 8. The summed E-state index contributed by atoms with van der Waals surface area (Å²) in [7, 11) is 0. The van der Waals surface area contributed by atoms with Gasteiger partial charge in [-0.3, -0.25) is 0 Å². The second-order valence-electron chi connectivity index (χ2n) is 5.50. The van der Waals surface area contributed by atoms with Crippen LogP contribution >= 0.6 is 34.2 Å². The lowest BCUT2D eigenvalue weighted by Crippen LogP contribution is -2.23. The second kappa shape index (κ2) is 9.19. The molecule has 19 heavy (non-hydrogen) atoms. The minimum Gasteiger partial charge on any atom is -0.310 e. The first kappa shape index (κ1) is 17.3. The standard InChI is InChI=1S/C16H25ClIN/c1-4-10-19-16(7-5-6-12(2)3)14-11-13(17)8-9-15(14)18/h8-9,11-12,16,19H,4-7,10H2,1-3H3. The highest BCUT2D eigenvalue weighted by Crippen LogP contribution is 2.27. The van der Waals surface area contributed by atoms with E-state index in [1.54, 1.807) is 0 Å². The first-order valence-corrected chi connectivity index (χ1v) is 8.68. The van der Waals surface area contributed by atoms with Crippen molar-refractivity contribution in [2.24, 2.45) is 5.92 Å². The third kappa shape index (κ3) is 6.46.